The van der Waals surface area contributed by atoms with E-state index in [1.165, 1.54) is 7.11 Å². The van der Waals surface area contributed by atoms with Gasteiger partial charge in [-0.2, -0.15) is 0 Å². The maximum atomic E-state index is 11.7. The van der Waals surface area contributed by atoms with E-state index in [1.54, 1.807) is 33.2 Å². The third-order valence-electron chi connectivity index (χ3n) is 4.15. The molecule has 1 amide bonds. The maximum Gasteiger partial charge on any atom is 0.341 e. The standard InChI is InChI=1S/C20H26N4O4.HI/c1-13-17(19(26)27-4)11-16(28-13)12-24-20(22-3)23-9-8-14-6-5-7-15(10-14)18(25)21-2;/h5-7,10-11H,8-9,12H2,1-4H3,(H,21,25)(H2,22,23,24);1H. The van der Waals surface area contributed by atoms with Crippen LogP contribution >= 0.6 is 24.0 Å². The first kappa shape index (κ1) is 24.5. The van der Waals surface area contributed by atoms with Crippen molar-refractivity contribution >= 4 is 41.8 Å². The molecule has 0 radical (unpaired) electrons. The summed E-state index contributed by atoms with van der Waals surface area (Å²) in [5, 5.41) is 8.97. The summed E-state index contributed by atoms with van der Waals surface area (Å²) >= 11 is 0. The predicted octanol–water partition coefficient (Wildman–Crippen LogP) is 2.26. The average Bonchev–Trinajstić information content (AvgIpc) is 3.10. The highest BCUT2D eigenvalue weighted by Crippen LogP contribution is 2.15. The lowest BCUT2D eigenvalue weighted by Gasteiger charge is -2.11. The van der Waals surface area contributed by atoms with Crippen LogP contribution in [0.15, 0.2) is 39.7 Å². The van der Waals surface area contributed by atoms with Gasteiger partial charge in [0.15, 0.2) is 5.96 Å². The van der Waals surface area contributed by atoms with Crippen LogP contribution in [0, 0.1) is 6.92 Å². The SMILES string of the molecule is CN=C(NCCc1cccc(C(=O)NC)c1)NCc1cc(C(=O)OC)c(C)o1.I. The van der Waals surface area contributed by atoms with Crippen molar-refractivity contribution in [2.24, 2.45) is 4.99 Å². The molecule has 3 N–H and O–H groups in total. The lowest BCUT2D eigenvalue weighted by molar-refractivity contribution is 0.0598. The topological polar surface area (TPSA) is 105 Å². The number of methoxy groups -OCH3 is 1. The van der Waals surface area contributed by atoms with Gasteiger partial charge >= 0.3 is 5.97 Å². The second-order valence-corrected chi connectivity index (χ2v) is 6.06. The summed E-state index contributed by atoms with van der Waals surface area (Å²) in [6.07, 6.45) is 0.734. The molecule has 0 fully saturated rings. The summed E-state index contributed by atoms with van der Waals surface area (Å²) in [7, 11) is 4.62. The largest absolute Gasteiger partial charge is 0.465 e. The normalized spacial score (nSPS) is 10.7. The van der Waals surface area contributed by atoms with E-state index in [1.807, 2.05) is 18.2 Å². The molecule has 8 nitrogen and oxygen atoms in total. The minimum absolute atomic E-state index is 0. The van der Waals surface area contributed by atoms with E-state index in [0.717, 1.165) is 12.0 Å². The number of hydrogen-bond acceptors (Lipinski definition) is 5. The second kappa shape index (κ2) is 12.1. The molecular weight excluding hydrogens is 487 g/mol. The maximum absolute atomic E-state index is 11.7. The van der Waals surface area contributed by atoms with E-state index >= 15 is 0 Å². The lowest BCUT2D eigenvalue weighted by atomic mass is 10.1. The Kier molecular flexibility index (Phi) is 10.2. The van der Waals surface area contributed by atoms with Crippen molar-refractivity contribution in [2.45, 2.75) is 19.9 Å². The molecule has 158 valence electrons. The van der Waals surface area contributed by atoms with Gasteiger partial charge in [0, 0.05) is 26.2 Å². The summed E-state index contributed by atoms with van der Waals surface area (Å²) in [6.45, 7) is 2.74. The number of benzene rings is 1. The van der Waals surface area contributed by atoms with Gasteiger partial charge in [-0.1, -0.05) is 12.1 Å². The number of guanidine groups is 1. The van der Waals surface area contributed by atoms with Crippen molar-refractivity contribution in [3.05, 3.63) is 58.5 Å². The highest BCUT2D eigenvalue weighted by molar-refractivity contribution is 14.0. The fourth-order valence-corrected chi connectivity index (χ4v) is 2.67. The quantitative estimate of drug-likeness (QED) is 0.227. The van der Waals surface area contributed by atoms with E-state index in [9.17, 15) is 9.59 Å². The van der Waals surface area contributed by atoms with Crippen LogP contribution in [0.3, 0.4) is 0 Å². The Morgan fingerprint density at radius 3 is 2.62 bits per heavy atom. The molecule has 0 unspecified atom stereocenters. The van der Waals surface area contributed by atoms with E-state index in [4.69, 9.17) is 9.15 Å². The molecule has 0 aliphatic carbocycles. The smallest absolute Gasteiger partial charge is 0.341 e. The number of furan rings is 1. The van der Waals surface area contributed by atoms with Crippen LogP contribution in [0.25, 0.3) is 0 Å². The number of ether oxygens (including phenoxy) is 1. The highest BCUT2D eigenvalue weighted by atomic mass is 127. The van der Waals surface area contributed by atoms with Gasteiger partial charge in [-0.05, 0) is 37.1 Å². The molecule has 0 spiro atoms. The predicted molar refractivity (Wildman–Crippen MR) is 122 cm³/mol. The van der Waals surface area contributed by atoms with E-state index in [-0.39, 0.29) is 29.9 Å². The van der Waals surface area contributed by atoms with E-state index in [0.29, 0.717) is 41.7 Å². The van der Waals surface area contributed by atoms with Gasteiger partial charge in [-0.15, -0.1) is 24.0 Å². The van der Waals surface area contributed by atoms with E-state index in [2.05, 4.69) is 20.9 Å². The summed E-state index contributed by atoms with van der Waals surface area (Å²) in [5.74, 6) is 1.21. The minimum atomic E-state index is -0.422. The first-order valence-corrected chi connectivity index (χ1v) is 8.91. The van der Waals surface area contributed by atoms with Crippen LogP contribution in [0.1, 0.15) is 37.8 Å². The number of carbonyl (C=O) groups is 2. The average molecular weight is 514 g/mol. The van der Waals surface area contributed by atoms with Gasteiger partial charge in [0.05, 0.1) is 13.7 Å². The molecule has 1 aromatic heterocycles. The molecule has 0 atom stereocenters. The molecular formula is C20H27IN4O4. The number of aryl methyl sites for hydroxylation is 1. The molecule has 0 aliphatic heterocycles. The third-order valence-corrected chi connectivity index (χ3v) is 4.15. The molecule has 1 heterocycles. The van der Waals surface area contributed by atoms with Gasteiger partial charge in [0.25, 0.3) is 5.91 Å². The Labute approximate surface area is 187 Å². The number of rotatable bonds is 7. The zero-order valence-electron chi connectivity index (χ0n) is 17.0. The molecule has 2 rings (SSSR count). The zero-order chi connectivity index (χ0) is 20.5. The number of esters is 1. The number of hydrogen-bond donors (Lipinski definition) is 3. The molecule has 0 saturated heterocycles. The van der Waals surface area contributed by atoms with Crippen LogP contribution in [0.5, 0.6) is 0 Å². The second-order valence-electron chi connectivity index (χ2n) is 6.06. The lowest BCUT2D eigenvalue weighted by Crippen LogP contribution is -2.37. The van der Waals surface area contributed by atoms with Crippen molar-refractivity contribution in [3.63, 3.8) is 0 Å². The number of aliphatic imine (C=N–C) groups is 1. The van der Waals surface area contributed by atoms with Crippen LogP contribution < -0.4 is 16.0 Å². The summed E-state index contributed by atoms with van der Waals surface area (Å²) in [5.41, 5.74) is 2.10. The fourth-order valence-electron chi connectivity index (χ4n) is 2.67. The number of nitrogens with one attached hydrogen (secondary N) is 3. The number of nitrogens with zero attached hydrogens (tertiary/aromatic N) is 1. The summed E-state index contributed by atoms with van der Waals surface area (Å²) in [4.78, 5) is 27.5. The van der Waals surface area contributed by atoms with Crippen molar-refractivity contribution in [1.82, 2.24) is 16.0 Å². The van der Waals surface area contributed by atoms with E-state index < -0.39 is 5.97 Å². The molecule has 1 aromatic carbocycles. The molecule has 2 aromatic rings. The zero-order valence-corrected chi connectivity index (χ0v) is 19.3. The molecule has 0 saturated carbocycles. The first-order chi connectivity index (χ1) is 13.5. The van der Waals surface area contributed by atoms with Crippen molar-refractivity contribution in [3.8, 4) is 0 Å². The Balaban J connectivity index is 0.00000420. The first-order valence-electron chi connectivity index (χ1n) is 8.91. The van der Waals surface area contributed by atoms with Gasteiger partial charge in [0.2, 0.25) is 0 Å². The monoisotopic (exact) mass is 514 g/mol. The molecule has 0 aliphatic rings. The van der Waals surface area contributed by atoms with Crippen LogP contribution in [-0.4, -0.2) is 45.6 Å². The van der Waals surface area contributed by atoms with Crippen LogP contribution in [-0.2, 0) is 17.7 Å². The summed E-state index contributed by atoms with van der Waals surface area (Å²) in [6, 6.07) is 9.15. The van der Waals surface area contributed by atoms with Gasteiger partial charge in [-0.3, -0.25) is 9.79 Å². The van der Waals surface area contributed by atoms with Crippen molar-refractivity contribution in [2.75, 3.05) is 27.7 Å². The molecule has 9 heteroatoms. The van der Waals surface area contributed by atoms with Gasteiger partial charge < -0.3 is 25.1 Å². The highest BCUT2D eigenvalue weighted by Gasteiger charge is 2.15. The molecule has 0 bridgehead atoms. The number of halogens is 1. The van der Waals surface area contributed by atoms with Gasteiger partial charge in [0.1, 0.15) is 17.1 Å². The van der Waals surface area contributed by atoms with Crippen molar-refractivity contribution < 1.29 is 18.7 Å². The number of amides is 1. The Morgan fingerprint density at radius 1 is 1.21 bits per heavy atom. The Bertz CT molecular complexity index is 864. The van der Waals surface area contributed by atoms with Crippen LogP contribution in [0.4, 0.5) is 0 Å². The summed E-state index contributed by atoms with van der Waals surface area (Å²) < 4.78 is 10.3. The Morgan fingerprint density at radius 2 is 1.97 bits per heavy atom. The minimum Gasteiger partial charge on any atom is -0.465 e. The molecule has 29 heavy (non-hydrogen) atoms. The van der Waals surface area contributed by atoms with Crippen LogP contribution in [0.2, 0.25) is 0 Å². The third kappa shape index (κ3) is 7.08. The fraction of sp³-hybridized carbons (Fsp3) is 0.350. The Hall–Kier alpha value is -2.56. The number of carbonyl (C=O) groups excluding carboxylic acids is 2. The van der Waals surface area contributed by atoms with Gasteiger partial charge in [-0.25, -0.2) is 4.79 Å². The van der Waals surface area contributed by atoms with Crippen molar-refractivity contribution in [1.29, 1.82) is 0 Å².